The van der Waals surface area contributed by atoms with Crippen LogP contribution in [0.2, 0.25) is 0 Å². The van der Waals surface area contributed by atoms with E-state index in [1.807, 2.05) is 23.6 Å². The number of aromatic nitrogens is 3. The highest BCUT2D eigenvalue weighted by Crippen LogP contribution is 2.21. The Hall–Kier alpha value is -3.20. The van der Waals surface area contributed by atoms with Crippen molar-refractivity contribution in [3.63, 3.8) is 0 Å². The summed E-state index contributed by atoms with van der Waals surface area (Å²) in [4.78, 5) is 29.1. The molecular formula is C17H14N4O4S. The molecule has 9 heteroatoms. The molecule has 3 heterocycles. The minimum absolute atomic E-state index is 0.134. The molecule has 0 fully saturated rings. The maximum atomic E-state index is 12.0. The van der Waals surface area contributed by atoms with Gasteiger partial charge in [-0.15, -0.1) is 11.3 Å². The Morgan fingerprint density at radius 3 is 2.96 bits per heavy atom. The van der Waals surface area contributed by atoms with E-state index in [-0.39, 0.29) is 25.4 Å². The molecule has 1 amide bonds. The summed E-state index contributed by atoms with van der Waals surface area (Å²) in [6, 6.07) is 10.9. The predicted octanol–water partition coefficient (Wildman–Crippen LogP) is 2.41. The first-order chi connectivity index (χ1) is 12.7. The van der Waals surface area contributed by atoms with E-state index in [4.69, 9.17) is 8.94 Å². The van der Waals surface area contributed by atoms with Crippen LogP contribution in [0.1, 0.15) is 12.3 Å². The van der Waals surface area contributed by atoms with E-state index in [2.05, 4.69) is 15.5 Å². The SMILES string of the molecule is O=C(CCn1c(=O)oc2ccccc21)NCc1nc(-c2cccs2)no1. The third kappa shape index (κ3) is 3.29. The number of thiophene rings is 1. The fourth-order valence-corrected chi connectivity index (χ4v) is 3.18. The lowest BCUT2D eigenvalue weighted by atomic mass is 10.3. The molecule has 0 radical (unpaired) electrons. The Bertz CT molecular complexity index is 1090. The zero-order valence-electron chi connectivity index (χ0n) is 13.5. The second kappa shape index (κ2) is 6.96. The van der Waals surface area contributed by atoms with Crippen LogP contribution in [0.5, 0.6) is 0 Å². The molecule has 132 valence electrons. The Labute approximate surface area is 151 Å². The number of nitrogens with zero attached hydrogens (tertiary/aromatic N) is 3. The first-order valence-corrected chi connectivity index (χ1v) is 8.80. The number of rotatable bonds is 6. The van der Waals surface area contributed by atoms with Gasteiger partial charge in [-0.05, 0) is 23.6 Å². The number of hydrogen-bond acceptors (Lipinski definition) is 7. The quantitative estimate of drug-likeness (QED) is 0.559. The fourth-order valence-electron chi connectivity index (χ4n) is 2.53. The topological polar surface area (TPSA) is 103 Å². The Balaban J connectivity index is 1.34. The Morgan fingerprint density at radius 1 is 1.23 bits per heavy atom. The average molecular weight is 370 g/mol. The first-order valence-electron chi connectivity index (χ1n) is 7.92. The number of nitrogens with one attached hydrogen (secondary N) is 1. The van der Waals surface area contributed by atoms with Gasteiger partial charge < -0.3 is 14.3 Å². The average Bonchev–Trinajstić information content (AvgIpc) is 3.37. The molecule has 0 aliphatic carbocycles. The summed E-state index contributed by atoms with van der Waals surface area (Å²) in [7, 11) is 0. The van der Waals surface area contributed by atoms with Gasteiger partial charge in [-0.1, -0.05) is 23.4 Å². The van der Waals surface area contributed by atoms with Gasteiger partial charge in [0.1, 0.15) is 0 Å². The molecule has 3 aromatic heterocycles. The van der Waals surface area contributed by atoms with Crippen molar-refractivity contribution in [3.8, 4) is 10.7 Å². The number of hydrogen-bond donors (Lipinski definition) is 1. The second-order valence-electron chi connectivity index (χ2n) is 5.50. The number of amides is 1. The van der Waals surface area contributed by atoms with Crippen LogP contribution in [0.3, 0.4) is 0 Å². The summed E-state index contributed by atoms with van der Waals surface area (Å²) in [5.74, 6) is 0.128. The monoisotopic (exact) mass is 370 g/mol. The van der Waals surface area contributed by atoms with Crippen LogP contribution >= 0.6 is 11.3 Å². The minimum atomic E-state index is -0.475. The lowest BCUT2D eigenvalue weighted by Crippen LogP contribution is -2.25. The van der Waals surface area contributed by atoms with E-state index in [0.29, 0.717) is 22.8 Å². The smallest absolute Gasteiger partial charge is 0.408 e. The van der Waals surface area contributed by atoms with Crippen LogP contribution in [0.4, 0.5) is 0 Å². The summed E-state index contributed by atoms with van der Waals surface area (Å²) in [6.07, 6.45) is 0.134. The number of carbonyl (C=O) groups is 1. The van der Waals surface area contributed by atoms with E-state index in [1.165, 1.54) is 15.9 Å². The van der Waals surface area contributed by atoms with Crippen LogP contribution < -0.4 is 11.1 Å². The molecule has 0 bridgehead atoms. The molecule has 26 heavy (non-hydrogen) atoms. The molecule has 0 aliphatic heterocycles. The zero-order valence-corrected chi connectivity index (χ0v) is 14.4. The molecule has 4 rings (SSSR count). The molecule has 8 nitrogen and oxygen atoms in total. The van der Waals surface area contributed by atoms with Crippen LogP contribution in [-0.4, -0.2) is 20.6 Å². The van der Waals surface area contributed by atoms with Crippen molar-refractivity contribution >= 4 is 28.3 Å². The third-order valence-electron chi connectivity index (χ3n) is 3.78. The molecule has 0 saturated heterocycles. The highest BCUT2D eigenvalue weighted by atomic mass is 32.1. The molecule has 0 unspecified atom stereocenters. The third-order valence-corrected chi connectivity index (χ3v) is 4.65. The first kappa shape index (κ1) is 16.3. The van der Waals surface area contributed by atoms with Crippen molar-refractivity contribution in [3.05, 3.63) is 58.2 Å². The number of oxazole rings is 1. The van der Waals surface area contributed by atoms with Gasteiger partial charge in [0.15, 0.2) is 5.58 Å². The van der Waals surface area contributed by atoms with E-state index >= 15 is 0 Å². The zero-order chi connectivity index (χ0) is 17.9. The Kier molecular flexibility index (Phi) is 4.36. The van der Waals surface area contributed by atoms with Gasteiger partial charge in [0.05, 0.1) is 16.9 Å². The summed E-state index contributed by atoms with van der Waals surface area (Å²) in [5.41, 5.74) is 1.17. The van der Waals surface area contributed by atoms with Crippen molar-refractivity contribution in [1.82, 2.24) is 20.0 Å². The van der Waals surface area contributed by atoms with Crippen molar-refractivity contribution in [1.29, 1.82) is 0 Å². The van der Waals surface area contributed by atoms with Gasteiger partial charge in [0, 0.05) is 13.0 Å². The van der Waals surface area contributed by atoms with E-state index < -0.39 is 5.76 Å². The predicted molar refractivity (Wildman–Crippen MR) is 94.5 cm³/mol. The molecule has 4 aromatic rings. The number of benzene rings is 1. The van der Waals surface area contributed by atoms with E-state index in [1.54, 1.807) is 18.2 Å². The van der Waals surface area contributed by atoms with Gasteiger partial charge >= 0.3 is 5.76 Å². The van der Waals surface area contributed by atoms with Crippen LogP contribution in [0.15, 0.2) is 55.5 Å². The van der Waals surface area contributed by atoms with Crippen LogP contribution in [0.25, 0.3) is 21.8 Å². The summed E-state index contributed by atoms with van der Waals surface area (Å²) in [5, 5.41) is 8.52. The maximum absolute atomic E-state index is 12.0. The van der Waals surface area contributed by atoms with Crippen LogP contribution in [-0.2, 0) is 17.9 Å². The highest BCUT2D eigenvalue weighted by Gasteiger charge is 2.12. The second-order valence-corrected chi connectivity index (χ2v) is 6.45. The van der Waals surface area contributed by atoms with Crippen molar-refractivity contribution in [2.75, 3.05) is 0 Å². The van der Waals surface area contributed by atoms with E-state index in [0.717, 1.165) is 4.88 Å². The molecule has 0 atom stereocenters. The van der Waals surface area contributed by atoms with Gasteiger partial charge in [-0.2, -0.15) is 4.98 Å². The van der Waals surface area contributed by atoms with Gasteiger partial charge in [-0.3, -0.25) is 9.36 Å². The fraction of sp³-hybridized carbons (Fsp3) is 0.176. The van der Waals surface area contributed by atoms with Gasteiger partial charge in [0.2, 0.25) is 17.6 Å². The number of aryl methyl sites for hydroxylation is 1. The number of para-hydroxylation sites is 2. The van der Waals surface area contributed by atoms with E-state index in [9.17, 15) is 9.59 Å². The molecule has 0 aliphatic rings. The standard InChI is InChI=1S/C17H14N4O4S/c22-14(7-8-21-11-4-1-2-5-12(11)24-17(21)23)18-10-15-19-16(20-25-15)13-6-3-9-26-13/h1-6,9H,7-8,10H2,(H,18,22). The lowest BCUT2D eigenvalue weighted by molar-refractivity contribution is -0.121. The molecular weight excluding hydrogens is 356 g/mol. The maximum Gasteiger partial charge on any atom is 0.419 e. The van der Waals surface area contributed by atoms with Crippen LogP contribution in [0, 0.1) is 0 Å². The normalized spacial score (nSPS) is 11.1. The molecule has 1 N–H and O–H groups in total. The Morgan fingerprint density at radius 2 is 2.12 bits per heavy atom. The van der Waals surface area contributed by atoms with Crippen molar-refractivity contribution in [2.24, 2.45) is 0 Å². The lowest BCUT2D eigenvalue weighted by Gasteiger charge is -2.03. The number of fused-ring (bicyclic) bond motifs is 1. The minimum Gasteiger partial charge on any atom is -0.408 e. The van der Waals surface area contributed by atoms with Gasteiger partial charge in [-0.25, -0.2) is 4.79 Å². The summed E-state index contributed by atoms with van der Waals surface area (Å²) >= 11 is 1.51. The highest BCUT2D eigenvalue weighted by molar-refractivity contribution is 7.13. The molecule has 0 saturated carbocycles. The van der Waals surface area contributed by atoms with Crippen molar-refractivity contribution in [2.45, 2.75) is 19.5 Å². The summed E-state index contributed by atoms with van der Waals surface area (Å²) < 4.78 is 11.7. The van der Waals surface area contributed by atoms with Gasteiger partial charge in [0.25, 0.3) is 0 Å². The summed E-state index contributed by atoms with van der Waals surface area (Å²) in [6.45, 7) is 0.365. The molecule has 0 spiro atoms. The number of carbonyl (C=O) groups excluding carboxylic acids is 1. The van der Waals surface area contributed by atoms with Crippen molar-refractivity contribution < 1.29 is 13.7 Å². The largest absolute Gasteiger partial charge is 0.419 e. The molecule has 1 aromatic carbocycles.